The molecule has 0 aromatic heterocycles. The van der Waals surface area contributed by atoms with Crippen LogP contribution < -0.4 is 5.32 Å². The largest absolute Gasteiger partial charge is 0.383 e. The van der Waals surface area contributed by atoms with Crippen LogP contribution in [0, 0.1) is 10.1 Å². The van der Waals surface area contributed by atoms with Crippen molar-refractivity contribution in [2.24, 2.45) is 0 Å². The van der Waals surface area contributed by atoms with Crippen LogP contribution in [0.2, 0.25) is 0 Å². The predicted octanol–water partition coefficient (Wildman–Crippen LogP) is 3.16. The minimum Gasteiger partial charge on any atom is -0.383 e. The first-order valence-corrected chi connectivity index (χ1v) is 6.03. The van der Waals surface area contributed by atoms with E-state index in [9.17, 15) is 10.1 Å². The molecule has 0 aromatic carbocycles. The first-order valence-electron chi connectivity index (χ1n) is 6.03. The first kappa shape index (κ1) is 13.5. The fraction of sp³-hybridized carbons (Fsp3) is 0.538. The Labute approximate surface area is 102 Å². The number of rotatable bonds is 4. The van der Waals surface area contributed by atoms with E-state index in [1.165, 1.54) is 5.57 Å². The van der Waals surface area contributed by atoms with Crippen LogP contribution in [-0.2, 0) is 0 Å². The Hall–Kier alpha value is -1.58. The van der Waals surface area contributed by atoms with E-state index in [1.807, 2.05) is 13.0 Å². The summed E-state index contributed by atoms with van der Waals surface area (Å²) in [5.41, 5.74) is 3.15. The maximum Gasteiger partial charge on any atom is 0.292 e. The summed E-state index contributed by atoms with van der Waals surface area (Å²) in [6.07, 6.45) is 7.55. The van der Waals surface area contributed by atoms with Crippen LogP contribution in [0.3, 0.4) is 0 Å². The average Bonchev–Trinajstić information content (AvgIpc) is 2.28. The third-order valence-corrected chi connectivity index (χ3v) is 3.00. The third-order valence-electron chi connectivity index (χ3n) is 3.00. The second-order valence-electron chi connectivity index (χ2n) is 4.23. The summed E-state index contributed by atoms with van der Waals surface area (Å²) in [7, 11) is 1.72. The molecule has 0 radical (unpaired) electrons. The van der Waals surface area contributed by atoms with Gasteiger partial charge in [-0.2, -0.15) is 0 Å². The van der Waals surface area contributed by atoms with E-state index in [-0.39, 0.29) is 10.6 Å². The lowest BCUT2D eigenvalue weighted by molar-refractivity contribution is -0.421. The van der Waals surface area contributed by atoms with Gasteiger partial charge in [0.25, 0.3) is 5.70 Å². The molecule has 1 aliphatic carbocycles. The number of hydrogen-bond donors (Lipinski definition) is 1. The Bertz CT molecular complexity index is 392. The molecule has 17 heavy (non-hydrogen) atoms. The molecule has 1 rings (SSSR count). The molecule has 0 unspecified atom stereocenters. The van der Waals surface area contributed by atoms with Crippen LogP contribution in [0.25, 0.3) is 0 Å². The van der Waals surface area contributed by atoms with Crippen molar-refractivity contribution in [1.29, 1.82) is 0 Å². The zero-order valence-corrected chi connectivity index (χ0v) is 10.7. The van der Waals surface area contributed by atoms with Crippen molar-refractivity contribution in [3.05, 3.63) is 44.8 Å². The van der Waals surface area contributed by atoms with Crippen LogP contribution in [0.1, 0.15) is 39.5 Å². The molecule has 94 valence electrons. The Morgan fingerprint density at radius 2 is 2.24 bits per heavy atom. The third kappa shape index (κ3) is 3.44. The molecule has 1 N–H and O–H groups in total. The zero-order valence-electron chi connectivity index (χ0n) is 10.7. The summed E-state index contributed by atoms with van der Waals surface area (Å²) in [4.78, 5) is 10.7. The van der Waals surface area contributed by atoms with E-state index in [0.717, 1.165) is 31.3 Å². The lowest BCUT2D eigenvalue weighted by atomic mass is 9.96. The molecule has 4 heteroatoms. The number of hydrogen-bond acceptors (Lipinski definition) is 3. The standard InChI is InChI=1S/C13H20N2O2/c1-4-6-11-7-5-8-12(14-3)13(15(16)17)9-10(11)2/h8-9,14H,4-7H2,1-3H3/b11-10-,12-8+,13-9+. The van der Waals surface area contributed by atoms with Gasteiger partial charge in [0, 0.05) is 13.1 Å². The van der Waals surface area contributed by atoms with Gasteiger partial charge >= 0.3 is 0 Å². The quantitative estimate of drug-likeness (QED) is 0.602. The maximum absolute atomic E-state index is 11.0. The molecule has 0 aromatic rings. The fourth-order valence-corrected chi connectivity index (χ4v) is 2.08. The van der Waals surface area contributed by atoms with Gasteiger partial charge in [0.2, 0.25) is 0 Å². The summed E-state index contributed by atoms with van der Waals surface area (Å²) in [6, 6.07) is 0. The van der Waals surface area contributed by atoms with E-state index in [0.29, 0.717) is 5.70 Å². The lowest BCUT2D eigenvalue weighted by Crippen LogP contribution is -2.15. The minimum atomic E-state index is -0.319. The van der Waals surface area contributed by atoms with Gasteiger partial charge in [-0.25, -0.2) is 0 Å². The average molecular weight is 236 g/mol. The summed E-state index contributed by atoms with van der Waals surface area (Å²) in [6.45, 7) is 4.10. The Balaban J connectivity index is 3.16. The van der Waals surface area contributed by atoms with Gasteiger partial charge in [0.1, 0.15) is 5.70 Å². The normalized spacial score (nSPS) is 27.2. The molecule has 0 amide bonds. The molecule has 0 saturated carbocycles. The Morgan fingerprint density at radius 3 is 2.76 bits per heavy atom. The van der Waals surface area contributed by atoms with E-state index < -0.39 is 0 Å². The number of nitrogens with one attached hydrogen (secondary N) is 1. The van der Waals surface area contributed by atoms with Crippen LogP contribution in [-0.4, -0.2) is 12.0 Å². The Kier molecular flexibility index (Phi) is 4.94. The second kappa shape index (κ2) is 6.23. The number of likely N-dealkylation sites (N-methyl/N-ethyl adjacent to an activating group) is 1. The van der Waals surface area contributed by atoms with Gasteiger partial charge in [-0.05, 0) is 31.8 Å². The summed E-state index contributed by atoms with van der Waals surface area (Å²) in [5, 5.41) is 13.9. The van der Waals surface area contributed by atoms with E-state index in [4.69, 9.17) is 0 Å². The molecule has 0 heterocycles. The minimum absolute atomic E-state index is 0.165. The highest BCUT2D eigenvalue weighted by Gasteiger charge is 2.18. The van der Waals surface area contributed by atoms with Crippen LogP contribution in [0.15, 0.2) is 34.7 Å². The van der Waals surface area contributed by atoms with E-state index >= 15 is 0 Å². The van der Waals surface area contributed by atoms with Crippen LogP contribution in [0.5, 0.6) is 0 Å². The molecule has 0 bridgehead atoms. The zero-order chi connectivity index (χ0) is 12.8. The molecule has 0 fully saturated rings. The molecule has 0 saturated heterocycles. The number of nitro groups is 1. The van der Waals surface area contributed by atoms with Crippen molar-refractivity contribution in [1.82, 2.24) is 5.32 Å². The SMILES string of the molecule is CCC/C1=C(C)/C=C([N+](=O)[O-])\C(NC)=C/CC1. The van der Waals surface area contributed by atoms with Gasteiger partial charge < -0.3 is 5.32 Å². The molecule has 4 nitrogen and oxygen atoms in total. The lowest BCUT2D eigenvalue weighted by Gasteiger charge is -2.12. The van der Waals surface area contributed by atoms with Gasteiger partial charge in [-0.1, -0.05) is 25.0 Å². The number of nitrogens with zero attached hydrogens (tertiary/aromatic N) is 1. The highest BCUT2D eigenvalue weighted by molar-refractivity contribution is 5.35. The van der Waals surface area contributed by atoms with Crippen LogP contribution in [0.4, 0.5) is 0 Å². The molecule has 0 spiro atoms. The van der Waals surface area contributed by atoms with Crippen LogP contribution >= 0.6 is 0 Å². The van der Waals surface area contributed by atoms with Gasteiger partial charge in [-0.3, -0.25) is 10.1 Å². The fourth-order valence-electron chi connectivity index (χ4n) is 2.08. The predicted molar refractivity (Wildman–Crippen MR) is 69.1 cm³/mol. The molecular weight excluding hydrogens is 216 g/mol. The highest BCUT2D eigenvalue weighted by Crippen LogP contribution is 2.24. The molecule has 1 aliphatic rings. The molecule has 0 atom stereocenters. The van der Waals surface area contributed by atoms with Crippen molar-refractivity contribution in [2.45, 2.75) is 39.5 Å². The van der Waals surface area contributed by atoms with Gasteiger partial charge in [-0.15, -0.1) is 0 Å². The maximum atomic E-state index is 11.0. The second-order valence-corrected chi connectivity index (χ2v) is 4.23. The van der Waals surface area contributed by atoms with Crippen molar-refractivity contribution >= 4 is 0 Å². The summed E-state index contributed by atoms with van der Waals surface area (Å²) >= 11 is 0. The van der Waals surface area contributed by atoms with E-state index in [2.05, 4.69) is 12.2 Å². The topological polar surface area (TPSA) is 55.2 Å². The smallest absolute Gasteiger partial charge is 0.292 e. The number of allylic oxidation sites excluding steroid dienone is 4. The van der Waals surface area contributed by atoms with Crippen molar-refractivity contribution in [2.75, 3.05) is 7.05 Å². The van der Waals surface area contributed by atoms with E-state index in [1.54, 1.807) is 13.1 Å². The van der Waals surface area contributed by atoms with Gasteiger partial charge in [0.05, 0.1) is 4.92 Å². The monoisotopic (exact) mass is 236 g/mol. The van der Waals surface area contributed by atoms with Crippen molar-refractivity contribution < 1.29 is 4.92 Å². The van der Waals surface area contributed by atoms with Crippen molar-refractivity contribution in [3.63, 3.8) is 0 Å². The summed E-state index contributed by atoms with van der Waals surface area (Å²) in [5.74, 6) is 0. The molecular formula is C13H20N2O2. The first-order chi connectivity index (χ1) is 8.10. The molecule has 0 aliphatic heterocycles. The van der Waals surface area contributed by atoms with Crippen molar-refractivity contribution in [3.8, 4) is 0 Å². The Morgan fingerprint density at radius 1 is 1.53 bits per heavy atom. The summed E-state index contributed by atoms with van der Waals surface area (Å²) < 4.78 is 0. The van der Waals surface area contributed by atoms with Gasteiger partial charge in [0.15, 0.2) is 0 Å². The highest BCUT2D eigenvalue weighted by atomic mass is 16.6.